The van der Waals surface area contributed by atoms with Gasteiger partial charge in [0.25, 0.3) is 0 Å². The molecule has 0 saturated carbocycles. The van der Waals surface area contributed by atoms with Crippen LogP contribution in [0.5, 0.6) is 5.75 Å². The lowest BCUT2D eigenvalue weighted by Crippen LogP contribution is -2.26. The first kappa shape index (κ1) is 21.0. The van der Waals surface area contributed by atoms with Crippen LogP contribution < -0.4 is 9.46 Å². The predicted octanol–water partition coefficient (Wildman–Crippen LogP) is 4.22. The van der Waals surface area contributed by atoms with Crippen LogP contribution in [-0.4, -0.2) is 14.8 Å². The minimum absolute atomic E-state index is 0.0811. The molecule has 0 atom stereocenters. The minimum Gasteiger partial charge on any atom is -0.405 e. The number of rotatable bonds is 6. The van der Waals surface area contributed by atoms with Gasteiger partial charge >= 0.3 is 12.5 Å². The lowest BCUT2D eigenvalue weighted by atomic mass is 10.1. The second kappa shape index (κ2) is 7.77. The highest BCUT2D eigenvalue weighted by molar-refractivity contribution is 7.88. The summed E-state index contributed by atoms with van der Waals surface area (Å²) < 4.78 is 105. The first-order chi connectivity index (χ1) is 12.4. The Hall–Kier alpha value is -2.27. The molecule has 0 aliphatic carbocycles. The molecule has 0 radical (unpaired) electrons. The zero-order chi connectivity index (χ0) is 20.3. The molecule has 27 heavy (non-hydrogen) atoms. The van der Waals surface area contributed by atoms with E-state index in [1.165, 1.54) is 24.3 Å². The van der Waals surface area contributed by atoms with Crippen LogP contribution in [0.15, 0.2) is 48.5 Å². The molecule has 11 heteroatoms. The fourth-order valence-electron chi connectivity index (χ4n) is 2.17. The average molecular weight is 413 g/mol. The van der Waals surface area contributed by atoms with Gasteiger partial charge in [-0.2, -0.15) is 13.2 Å². The second-order valence-corrected chi connectivity index (χ2v) is 7.24. The van der Waals surface area contributed by atoms with Crippen LogP contribution in [0, 0.1) is 0 Å². The predicted molar refractivity (Wildman–Crippen MR) is 84.0 cm³/mol. The molecule has 148 valence electrons. The van der Waals surface area contributed by atoms with Crippen molar-refractivity contribution in [2.24, 2.45) is 0 Å². The number of nitrogens with one attached hydrogen (secondary N) is 1. The molecule has 0 fully saturated rings. The number of halogens is 6. The van der Waals surface area contributed by atoms with Gasteiger partial charge < -0.3 is 4.74 Å². The summed E-state index contributed by atoms with van der Waals surface area (Å²) in [6.07, 6.45) is -9.58. The van der Waals surface area contributed by atoms with Crippen molar-refractivity contribution < 1.29 is 39.5 Å². The van der Waals surface area contributed by atoms with Crippen molar-refractivity contribution in [2.45, 2.75) is 24.8 Å². The number of alkyl halides is 6. The van der Waals surface area contributed by atoms with Crippen LogP contribution in [0.3, 0.4) is 0 Å². The molecule has 0 aliphatic heterocycles. The summed E-state index contributed by atoms with van der Waals surface area (Å²) in [4.78, 5) is 0. The topological polar surface area (TPSA) is 55.4 Å². The summed E-state index contributed by atoms with van der Waals surface area (Å²) in [7, 11) is -4.11. The molecule has 0 unspecified atom stereocenters. The quantitative estimate of drug-likeness (QED) is 0.722. The maximum atomic E-state index is 12.7. The molecular weight excluding hydrogens is 400 g/mol. The standard InChI is InChI=1S/C16H13F6NO3S/c17-15(18,19)13-6-3-4-11(8-13)10-27(24,25)23-9-12-5-1-2-7-14(12)26-16(20,21)22/h1-8,23H,9-10H2. The highest BCUT2D eigenvalue weighted by Gasteiger charge is 2.32. The Morgan fingerprint density at radius 1 is 0.926 bits per heavy atom. The zero-order valence-corrected chi connectivity index (χ0v) is 14.3. The molecule has 0 aliphatic rings. The summed E-state index contributed by atoms with van der Waals surface area (Å²) in [5.74, 6) is -1.34. The molecule has 0 amide bonds. The van der Waals surface area contributed by atoms with E-state index in [-0.39, 0.29) is 11.1 Å². The smallest absolute Gasteiger partial charge is 0.405 e. The molecule has 0 aromatic heterocycles. The van der Waals surface area contributed by atoms with E-state index >= 15 is 0 Å². The Morgan fingerprint density at radius 3 is 2.22 bits per heavy atom. The van der Waals surface area contributed by atoms with Gasteiger partial charge in [-0.25, -0.2) is 13.1 Å². The van der Waals surface area contributed by atoms with E-state index < -0.39 is 46.2 Å². The highest BCUT2D eigenvalue weighted by Crippen LogP contribution is 2.30. The number of sulfonamides is 1. The molecule has 2 aromatic carbocycles. The van der Waals surface area contributed by atoms with E-state index in [2.05, 4.69) is 9.46 Å². The Bertz CT molecular complexity index is 894. The Labute approximate surface area is 150 Å². The van der Waals surface area contributed by atoms with E-state index in [1.807, 2.05) is 0 Å². The van der Waals surface area contributed by atoms with Crippen LogP contribution in [0.1, 0.15) is 16.7 Å². The van der Waals surface area contributed by atoms with Gasteiger partial charge in [-0.1, -0.05) is 36.4 Å². The minimum atomic E-state index is -4.95. The Morgan fingerprint density at radius 2 is 1.59 bits per heavy atom. The van der Waals surface area contributed by atoms with E-state index in [1.54, 1.807) is 0 Å². The average Bonchev–Trinajstić information content (AvgIpc) is 2.52. The molecule has 2 rings (SSSR count). The molecule has 0 heterocycles. The van der Waals surface area contributed by atoms with Crippen LogP contribution in [0.25, 0.3) is 0 Å². The van der Waals surface area contributed by atoms with Crippen molar-refractivity contribution in [2.75, 3.05) is 0 Å². The van der Waals surface area contributed by atoms with Gasteiger partial charge in [0.05, 0.1) is 11.3 Å². The molecule has 2 aromatic rings. The van der Waals surface area contributed by atoms with Gasteiger partial charge in [-0.3, -0.25) is 0 Å². The molecule has 0 bridgehead atoms. The molecular formula is C16H13F6NO3S. The summed E-state index contributed by atoms with van der Waals surface area (Å²) >= 11 is 0. The third kappa shape index (κ3) is 6.75. The van der Waals surface area contributed by atoms with Crippen molar-refractivity contribution in [3.05, 3.63) is 65.2 Å². The largest absolute Gasteiger partial charge is 0.573 e. The second-order valence-electron chi connectivity index (χ2n) is 5.43. The Balaban J connectivity index is 2.10. The first-order valence-corrected chi connectivity index (χ1v) is 8.98. The molecule has 0 spiro atoms. The SMILES string of the molecule is O=S(=O)(Cc1cccc(C(F)(F)F)c1)NCc1ccccc1OC(F)(F)F. The first-order valence-electron chi connectivity index (χ1n) is 7.33. The van der Waals surface area contributed by atoms with Crippen molar-refractivity contribution in [1.29, 1.82) is 0 Å². The molecule has 0 saturated heterocycles. The third-order valence-corrected chi connectivity index (χ3v) is 4.59. The number of para-hydroxylation sites is 1. The summed E-state index contributed by atoms with van der Waals surface area (Å²) in [5.41, 5.74) is -1.20. The normalized spacial score (nSPS) is 12.8. The summed E-state index contributed by atoms with van der Waals surface area (Å²) in [5, 5.41) is 0. The lowest BCUT2D eigenvalue weighted by molar-refractivity contribution is -0.274. The maximum absolute atomic E-state index is 12.7. The number of hydrogen-bond donors (Lipinski definition) is 1. The fraction of sp³-hybridized carbons (Fsp3) is 0.250. The summed E-state index contributed by atoms with van der Waals surface area (Å²) in [6.45, 7) is -0.520. The van der Waals surface area contributed by atoms with Crippen LogP contribution in [0.2, 0.25) is 0 Å². The number of ether oxygens (including phenoxy) is 1. The maximum Gasteiger partial charge on any atom is 0.573 e. The molecule has 1 N–H and O–H groups in total. The van der Waals surface area contributed by atoms with E-state index in [0.717, 1.165) is 18.2 Å². The van der Waals surface area contributed by atoms with Crippen LogP contribution >= 0.6 is 0 Å². The zero-order valence-electron chi connectivity index (χ0n) is 13.4. The van der Waals surface area contributed by atoms with Crippen molar-refractivity contribution in [1.82, 2.24) is 4.72 Å². The van der Waals surface area contributed by atoms with Crippen molar-refractivity contribution in [3.8, 4) is 5.75 Å². The van der Waals surface area contributed by atoms with Crippen molar-refractivity contribution in [3.63, 3.8) is 0 Å². The number of hydrogen-bond acceptors (Lipinski definition) is 3. The van der Waals surface area contributed by atoms with Gasteiger partial charge in [0.15, 0.2) is 0 Å². The van der Waals surface area contributed by atoms with E-state index in [4.69, 9.17) is 0 Å². The monoisotopic (exact) mass is 413 g/mol. The van der Waals surface area contributed by atoms with Gasteiger partial charge in [0.2, 0.25) is 10.0 Å². The fourth-order valence-corrected chi connectivity index (χ4v) is 3.27. The van der Waals surface area contributed by atoms with Crippen LogP contribution in [-0.2, 0) is 28.5 Å². The number of benzene rings is 2. The Kier molecular flexibility index (Phi) is 6.05. The molecule has 4 nitrogen and oxygen atoms in total. The third-order valence-electron chi connectivity index (χ3n) is 3.29. The highest BCUT2D eigenvalue weighted by atomic mass is 32.2. The van der Waals surface area contributed by atoms with Gasteiger partial charge in [0.1, 0.15) is 5.75 Å². The van der Waals surface area contributed by atoms with Crippen molar-refractivity contribution >= 4 is 10.0 Å². The summed E-state index contributed by atoms with van der Waals surface area (Å²) in [6, 6.07) is 8.68. The van der Waals surface area contributed by atoms with Gasteiger partial charge in [0, 0.05) is 12.1 Å². The van der Waals surface area contributed by atoms with E-state index in [0.29, 0.717) is 6.07 Å². The lowest BCUT2D eigenvalue weighted by Gasteiger charge is -2.14. The van der Waals surface area contributed by atoms with Crippen LogP contribution in [0.4, 0.5) is 26.3 Å². The van der Waals surface area contributed by atoms with Gasteiger partial charge in [-0.15, -0.1) is 13.2 Å². The van der Waals surface area contributed by atoms with E-state index in [9.17, 15) is 34.8 Å². The van der Waals surface area contributed by atoms with Gasteiger partial charge in [-0.05, 0) is 17.7 Å².